The molecule has 2 rings (SSSR count). The van der Waals surface area contributed by atoms with Crippen LogP contribution in [0.3, 0.4) is 0 Å². The van der Waals surface area contributed by atoms with Crippen molar-refractivity contribution in [2.24, 2.45) is 5.92 Å². The standard InChI is InChI=1S/C13H17ClFNO/c1-16-13(9-5-6-17-8-9)7-10-11(14)3-2-4-12(10)15/h2-4,9,13,16H,5-8H2,1H3. The molecular formula is C13H17ClFNO. The van der Waals surface area contributed by atoms with E-state index in [1.807, 2.05) is 7.05 Å². The Hall–Kier alpha value is -0.640. The molecule has 1 aliphatic heterocycles. The molecule has 0 spiro atoms. The first-order chi connectivity index (χ1) is 8.22. The molecule has 0 amide bonds. The first kappa shape index (κ1) is 12.8. The molecule has 1 aromatic rings. The molecule has 4 heteroatoms. The van der Waals surface area contributed by atoms with Gasteiger partial charge >= 0.3 is 0 Å². The van der Waals surface area contributed by atoms with Gasteiger partial charge in [-0.3, -0.25) is 0 Å². The van der Waals surface area contributed by atoms with Gasteiger partial charge in [0.05, 0.1) is 6.61 Å². The molecule has 0 bridgehead atoms. The lowest BCUT2D eigenvalue weighted by molar-refractivity contribution is 0.177. The molecule has 1 fully saturated rings. The third-order valence-electron chi connectivity index (χ3n) is 3.39. The summed E-state index contributed by atoms with van der Waals surface area (Å²) in [6.07, 6.45) is 1.63. The van der Waals surface area contributed by atoms with Gasteiger partial charge < -0.3 is 10.1 Å². The van der Waals surface area contributed by atoms with Crippen LogP contribution in [0.2, 0.25) is 5.02 Å². The van der Waals surface area contributed by atoms with Gasteiger partial charge in [0, 0.05) is 29.2 Å². The molecule has 0 aliphatic carbocycles. The lowest BCUT2D eigenvalue weighted by Gasteiger charge is -2.22. The molecule has 1 heterocycles. The second kappa shape index (κ2) is 5.80. The van der Waals surface area contributed by atoms with E-state index in [1.165, 1.54) is 6.07 Å². The maximum Gasteiger partial charge on any atom is 0.127 e. The highest BCUT2D eigenvalue weighted by molar-refractivity contribution is 6.31. The van der Waals surface area contributed by atoms with E-state index in [1.54, 1.807) is 12.1 Å². The van der Waals surface area contributed by atoms with Crippen LogP contribution in [0.4, 0.5) is 4.39 Å². The molecule has 0 radical (unpaired) electrons. The van der Waals surface area contributed by atoms with Crippen LogP contribution < -0.4 is 5.32 Å². The molecular weight excluding hydrogens is 241 g/mol. The maximum absolute atomic E-state index is 13.7. The number of rotatable bonds is 4. The van der Waals surface area contributed by atoms with Crippen LogP contribution in [-0.2, 0) is 11.2 Å². The van der Waals surface area contributed by atoms with E-state index >= 15 is 0 Å². The maximum atomic E-state index is 13.7. The van der Waals surface area contributed by atoms with Crippen molar-refractivity contribution in [1.82, 2.24) is 5.32 Å². The van der Waals surface area contributed by atoms with Crippen molar-refractivity contribution in [3.05, 3.63) is 34.6 Å². The quantitative estimate of drug-likeness (QED) is 0.895. The molecule has 1 N–H and O–H groups in total. The molecule has 1 aromatic carbocycles. The van der Waals surface area contributed by atoms with E-state index in [9.17, 15) is 4.39 Å². The molecule has 1 saturated heterocycles. The van der Waals surface area contributed by atoms with E-state index in [4.69, 9.17) is 16.3 Å². The summed E-state index contributed by atoms with van der Waals surface area (Å²) in [5, 5.41) is 3.75. The van der Waals surface area contributed by atoms with Gasteiger partial charge in [-0.15, -0.1) is 0 Å². The van der Waals surface area contributed by atoms with E-state index in [0.29, 0.717) is 22.9 Å². The Kier molecular flexibility index (Phi) is 4.37. The van der Waals surface area contributed by atoms with Crippen LogP contribution in [0, 0.1) is 11.7 Å². The monoisotopic (exact) mass is 257 g/mol. The molecule has 2 atom stereocenters. The molecule has 0 saturated carbocycles. The number of likely N-dealkylation sites (N-methyl/N-ethyl adjacent to an activating group) is 1. The molecule has 2 nitrogen and oxygen atoms in total. The van der Waals surface area contributed by atoms with E-state index in [-0.39, 0.29) is 11.9 Å². The third-order valence-corrected chi connectivity index (χ3v) is 3.74. The predicted octanol–water partition coefficient (Wildman–Crippen LogP) is 2.65. The van der Waals surface area contributed by atoms with Crippen molar-refractivity contribution >= 4 is 11.6 Å². The van der Waals surface area contributed by atoms with Crippen LogP contribution in [-0.4, -0.2) is 26.3 Å². The number of benzene rings is 1. The second-order valence-electron chi connectivity index (χ2n) is 4.42. The van der Waals surface area contributed by atoms with Gasteiger partial charge in [-0.25, -0.2) is 4.39 Å². The number of ether oxygens (including phenoxy) is 1. The number of hydrogen-bond donors (Lipinski definition) is 1. The van der Waals surface area contributed by atoms with Crippen LogP contribution in [0.15, 0.2) is 18.2 Å². The molecule has 17 heavy (non-hydrogen) atoms. The first-order valence-electron chi connectivity index (χ1n) is 5.90. The minimum absolute atomic E-state index is 0.215. The number of nitrogens with one attached hydrogen (secondary N) is 1. The number of hydrogen-bond acceptors (Lipinski definition) is 2. The largest absolute Gasteiger partial charge is 0.381 e. The molecule has 2 unspecified atom stereocenters. The summed E-state index contributed by atoms with van der Waals surface area (Å²) in [7, 11) is 1.90. The molecule has 0 aromatic heterocycles. The van der Waals surface area contributed by atoms with Crippen molar-refractivity contribution in [3.8, 4) is 0 Å². The fourth-order valence-electron chi connectivity index (χ4n) is 2.32. The zero-order valence-corrected chi connectivity index (χ0v) is 10.6. The smallest absolute Gasteiger partial charge is 0.127 e. The Bertz CT molecular complexity index is 359. The topological polar surface area (TPSA) is 21.3 Å². The van der Waals surface area contributed by atoms with E-state index in [0.717, 1.165) is 19.6 Å². The van der Waals surface area contributed by atoms with Gasteiger partial charge in [-0.2, -0.15) is 0 Å². The lowest BCUT2D eigenvalue weighted by Crippen LogP contribution is -2.36. The van der Waals surface area contributed by atoms with Crippen molar-refractivity contribution in [2.75, 3.05) is 20.3 Å². The third kappa shape index (κ3) is 2.97. The Morgan fingerprint density at radius 2 is 2.41 bits per heavy atom. The van der Waals surface area contributed by atoms with Gasteiger partial charge in [0.1, 0.15) is 5.82 Å². The van der Waals surface area contributed by atoms with Gasteiger partial charge in [0.15, 0.2) is 0 Å². The van der Waals surface area contributed by atoms with E-state index in [2.05, 4.69) is 5.32 Å². The Labute approximate surface area is 106 Å². The van der Waals surface area contributed by atoms with Crippen molar-refractivity contribution in [1.29, 1.82) is 0 Å². The lowest BCUT2D eigenvalue weighted by atomic mass is 9.93. The zero-order chi connectivity index (χ0) is 12.3. The fraction of sp³-hybridized carbons (Fsp3) is 0.538. The summed E-state index contributed by atoms with van der Waals surface area (Å²) >= 11 is 6.04. The van der Waals surface area contributed by atoms with Gasteiger partial charge in [0.2, 0.25) is 0 Å². The van der Waals surface area contributed by atoms with Gasteiger partial charge in [0.25, 0.3) is 0 Å². The average molecular weight is 258 g/mol. The fourth-order valence-corrected chi connectivity index (χ4v) is 2.56. The highest BCUT2D eigenvalue weighted by Crippen LogP contribution is 2.25. The predicted molar refractivity (Wildman–Crippen MR) is 66.9 cm³/mol. The summed E-state index contributed by atoms with van der Waals surface area (Å²) in [6, 6.07) is 5.04. The average Bonchev–Trinajstić information content (AvgIpc) is 2.82. The van der Waals surface area contributed by atoms with Crippen LogP contribution in [0.1, 0.15) is 12.0 Å². The summed E-state index contributed by atoms with van der Waals surface area (Å²) in [5.41, 5.74) is 0.598. The van der Waals surface area contributed by atoms with Crippen LogP contribution in [0.5, 0.6) is 0 Å². The summed E-state index contributed by atoms with van der Waals surface area (Å²) in [5.74, 6) is 0.215. The molecule has 94 valence electrons. The molecule has 1 aliphatic rings. The van der Waals surface area contributed by atoms with Gasteiger partial charge in [-0.05, 0) is 32.0 Å². The Balaban J connectivity index is 2.12. The Morgan fingerprint density at radius 1 is 1.59 bits per heavy atom. The zero-order valence-electron chi connectivity index (χ0n) is 9.88. The summed E-state index contributed by atoms with van der Waals surface area (Å²) < 4.78 is 19.1. The minimum Gasteiger partial charge on any atom is -0.381 e. The van der Waals surface area contributed by atoms with Crippen LogP contribution in [0.25, 0.3) is 0 Å². The van der Waals surface area contributed by atoms with Crippen molar-refractivity contribution < 1.29 is 9.13 Å². The highest BCUT2D eigenvalue weighted by Gasteiger charge is 2.26. The highest BCUT2D eigenvalue weighted by atomic mass is 35.5. The summed E-state index contributed by atoms with van der Waals surface area (Å²) in [4.78, 5) is 0. The summed E-state index contributed by atoms with van der Waals surface area (Å²) in [6.45, 7) is 1.55. The minimum atomic E-state index is -0.225. The van der Waals surface area contributed by atoms with E-state index < -0.39 is 0 Å². The number of halogens is 2. The van der Waals surface area contributed by atoms with Crippen molar-refractivity contribution in [3.63, 3.8) is 0 Å². The Morgan fingerprint density at radius 3 is 3.00 bits per heavy atom. The van der Waals surface area contributed by atoms with Crippen molar-refractivity contribution in [2.45, 2.75) is 18.9 Å². The van der Waals surface area contributed by atoms with Gasteiger partial charge in [-0.1, -0.05) is 17.7 Å². The van der Waals surface area contributed by atoms with Crippen LogP contribution >= 0.6 is 11.6 Å². The first-order valence-corrected chi connectivity index (χ1v) is 6.28. The normalized spacial score (nSPS) is 21.7. The second-order valence-corrected chi connectivity index (χ2v) is 4.83. The SMILES string of the molecule is CNC(Cc1c(F)cccc1Cl)C1CCOC1.